The van der Waals surface area contributed by atoms with E-state index < -0.39 is 5.60 Å². The van der Waals surface area contributed by atoms with Crippen LogP contribution in [0.4, 0.5) is 0 Å². The Hall–Kier alpha value is -0.750. The van der Waals surface area contributed by atoms with E-state index >= 15 is 0 Å². The van der Waals surface area contributed by atoms with Gasteiger partial charge in [0, 0.05) is 24.2 Å². The average molecular weight is 296 g/mol. The van der Waals surface area contributed by atoms with E-state index in [0.717, 1.165) is 11.6 Å². The van der Waals surface area contributed by atoms with E-state index in [4.69, 9.17) is 0 Å². The van der Waals surface area contributed by atoms with Crippen molar-refractivity contribution in [3.63, 3.8) is 0 Å². The smallest absolute Gasteiger partial charge is 0.133 e. The predicted molar refractivity (Wildman–Crippen MR) is 82.6 cm³/mol. The van der Waals surface area contributed by atoms with Gasteiger partial charge in [0.25, 0.3) is 0 Å². The van der Waals surface area contributed by atoms with Gasteiger partial charge in [0.1, 0.15) is 5.01 Å². The number of thiophene rings is 1. The van der Waals surface area contributed by atoms with Crippen LogP contribution in [0.1, 0.15) is 25.6 Å². The summed E-state index contributed by atoms with van der Waals surface area (Å²) in [5.41, 5.74) is -0.665. The summed E-state index contributed by atoms with van der Waals surface area (Å²) in [6, 6.07) is 4.13. The number of rotatable bonds is 6. The Morgan fingerprint density at radius 2 is 2.26 bits per heavy atom. The highest BCUT2D eigenvalue weighted by Gasteiger charge is 2.24. The highest BCUT2D eigenvalue weighted by atomic mass is 32.1. The van der Waals surface area contributed by atoms with E-state index in [9.17, 15) is 5.11 Å². The van der Waals surface area contributed by atoms with Crippen LogP contribution in [0.3, 0.4) is 0 Å². The Kier molecular flexibility index (Phi) is 4.73. The average Bonchev–Trinajstić information content (AvgIpc) is 2.98. The van der Waals surface area contributed by atoms with E-state index in [1.165, 1.54) is 9.75 Å². The van der Waals surface area contributed by atoms with Crippen LogP contribution in [0.5, 0.6) is 0 Å². The molecule has 104 valence electrons. The lowest BCUT2D eigenvalue weighted by Gasteiger charge is -2.27. The van der Waals surface area contributed by atoms with E-state index in [2.05, 4.69) is 21.7 Å². The summed E-state index contributed by atoms with van der Waals surface area (Å²) in [6.07, 6.45) is 1.91. The molecule has 0 spiro atoms. The Morgan fingerprint density at radius 1 is 1.47 bits per heavy atom. The van der Waals surface area contributed by atoms with Crippen LogP contribution in [-0.2, 0) is 6.54 Å². The van der Waals surface area contributed by atoms with Gasteiger partial charge in [-0.3, -0.25) is 0 Å². The van der Waals surface area contributed by atoms with Gasteiger partial charge in [0.15, 0.2) is 0 Å². The van der Waals surface area contributed by atoms with Crippen molar-refractivity contribution in [1.82, 2.24) is 10.3 Å². The molecule has 0 aromatic carbocycles. The van der Waals surface area contributed by atoms with Crippen molar-refractivity contribution in [3.05, 3.63) is 28.6 Å². The standard InChI is InChI=1S/C14H20N2OS2/c1-10(2)14(3,17)9-15-7-11-8-16-13(19-11)12-5-4-6-18-12/h4-6,8,10,15,17H,7,9H2,1-3H3. The van der Waals surface area contributed by atoms with Crippen molar-refractivity contribution >= 4 is 22.7 Å². The van der Waals surface area contributed by atoms with Gasteiger partial charge in [0.05, 0.1) is 10.5 Å². The van der Waals surface area contributed by atoms with E-state index in [1.54, 1.807) is 22.7 Å². The maximum absolute atomic E-state index is 10.2. The molecule has 1 atom stereocenters. The molecule has 0 radical (unpaired) electrons. The number of thiazole rings is 1. The van der Waals surface area contributed by atoms with Gasteiger partial charge in [-0.1, -0.05) is 19.9 Å². The Bertz CT molecular complexity index is 503. The normalized spacial score (nSPS) is 14.8. The van der Waals surface area contributed by atoms with Crippen LogP contribution in [0.15, 0.2) is 23.7 Å². The van der Waals surface area contributed by atoms with Gasteiger partial charge in [0.2, 0.25) is 0 Å². The maximum atomic E-state index is 10.2. The highest BCUT2D eigenvalue weighted by molar-refractivity contribution is 7.20. The lowest BCUT2D eigenvalue weighted by Crippen LogP contribution is -2.41. The molecule has 0 aliphatic carbocycles. The topological polar surface area (TPSA) is 45.1 Å². The molecule has 0 bridgehead atoms. The molecule has 0 fully saturated rings. The fraction of sp³-hybridized carbons (Fsp3) is 0.500. The minimum Gasteiger partial charge on any atom is -0.389 e. The Labute approximate surface area is 122 Å². The number of aliphatic hydroxyl groups is 1. The zero-order valence-corrected chi connectivity index (χ0v) is 13.1. The minimum atomic E-state index is -0.665. The summed E-state index contributed by atoms with van der Waals surface area (Å²) in [5.74, 6) is 0.239. The summed E-state index contributed by atoms with van der Waals surface area (Å²) in [6.45, 7) is 7.28. The summed E-state index contributed by atoms with van der Waals surface area (Å²) < 4.78 is 0. The zero-order chi connectivity index (χ0) is 13.9. The molecule has 2 N–H and O–H groups in total. The van der Waals surface area contributed by atoms with Crippen molar-refractivity contribution in [2.45, 2.75) is 32.9 Å². The van der Waals surface area contributed by atoms with Crippen molar-refractivity contribution in [1.29, 1.82) is 0 Å². The third kappa shape index (κ3) is 3.86. The third-order valence-corrected chi connectivity index (χ3v) is 5.35. The molecule has 2 rings (SSSR count). The molecule has 0 aliphatic rings. The fourth-order valence-electron chi connectivity index (χ4n) is 1.55. The van der Waals surface area contributed by atoms with Crippen molar-refractivity contribution in [2.75, 3.05) is 6.54 Å². The molecule has 2 aromatic heterocycles. The van der Waals surface area contributed by atoms with Crippen molar-refractivity contribution in [2.24, 2.45) is 5.92 Å². The van der Waals surface area contributed by atoms with Crippen LogP contribution < -0.4 is 5.32 Å². The number of hydrogen-bond donors (Lipinski definition) is 2. The number of nitrogens with zero attached hydrogens (tertiary/aromatic N) is 1. The van der Waals surface area contributed by atoms with Crippen molar-refractivity contribution in [3.8, 4) is 9.88 Å². The van der Waals surface area contributed by atoms with Crippen LogP contribution >= 0.6 is 22.7 Å². The Balaban J connectivity index is 1.88. The summed E-state index contributed by atoms with van der Waals surface area (Å²) in [5, 5.41) is 16.6. The quantitative estimate of drug-likeness (QED) is 0.859. The lowest BCUT2D eigenvalue weighted by atomic mass is 9.93. The molecule has 1 unspecified atom stereocenters. The minimum absolute atomic E-state index is 0.239. The zero-order valence-electron chi connectivity index (χ0n) is 11.5. The van der Waals surface area contributed by atoms with Crippen molar-refractivity contribution < 1.29 is 5.11 Å². The monoisotopic (exact) mass is 296 g/mol. The van der Waals surface area contributed by atoms with E-state index in [1.807, 2.05) is 33.0 Å². The molecule has 0 amide bonds. The van der Waals surface area contributed by atoms with Crippen LogP contribution in [0.25, 0.3) is 9.88 Å². The van der Waals surface area contributed by atoms with Crippen LogP contribution in [-0.4, -0.2) is 22.2 Å². The second kappa shape index (κ2) is 6.13. The predicted octanol–water partition coefficient (Wildman–Crippen LogP) is 3.37. The van der Waals surface area contributed by atoms with E-state index in [-0.39, 0.29) is 5.92 Å². The Morgan fingerprint density at radius 3 is 2.89 bits per heavy atom. The second-order valence-electron chi connectivity index (χ2n) is 5.22. The molecule has 0 aliphatic heterocycles. The fourth-order valence-corrected chi connectivity index (χ4v) is 3.23. The van der Waals surface area contributed by atoms with Crippen LogP contribution in [0, 0.1) is 5.92 Å². The summed E-state index contributed by atoms with van der Waals surface area (Å²) >= 11 is 3.41. The van der Waals surface area contributed by atoms with Gasteiger partial charge in [-0.2, -0.15) is 0 Å². The maximum Gasteiger partial charge on any atom is 0.133 e. The largest absolute Gasteiger partial charge is 0.389 e. The van der Waals surface area contributed by atoms with Gasteiger partial charge >= 0.3 is 0 Å². The molecule has 19 heavy (non-hydrogen) atoms. The first-order valence-corrected chi connectivity index (χ1v) is 8.10. The first-order chi connectivity index (χ1) is 8.99. The SMILES string of the molecule is CC(C)C(C)(O)CNCc1cnc(-c2cccs2)s1. The molecular formula is C14H20N2OS2. The van der Waals surface area contributed by atoms with Gasteiger partial charge < -0.3 is 10.4 Å². The highest BCUT2D eigenvalue weighted by Crippen LogP contribution is 2.28. The lowest BCUT2D eigenvalue weighted by molar-refractivity contribution is 0.0140. The molecule has 0 saturated carbocycles. The third-order valence-electron chi connectivity index (χ3n) is 3.31. The number of aromatic nitrogens is 1. The van der Waals surface area contributed by atoms with Gasteiger partial charge in [-0.15, -0.1) is 22.7 Å². The summed E-state index contributed by atoms with van der Waals surface area (Å²) in [7, 11) is 0. The molecular weight excluding hydrogens is 276 g/mol. The number of hydrogen-bond acceptors (Lipinski definition) is 5. The van der Waals surface area contributed by atoms with E-state index in [0.29, 0.717) is 6.54 Å². The number of nitrogens with one attached hydrogen (secondary N) is 1. The van der Waals surface area contributed by atoms with Crippen LogP contribution in [0.2, 0.25) is 0 Å². The first-order valence-electron chi connectivity index (χ1n) is 6.41. The first kappa shape index (κ1) is 14.7. The molecule has 0 saturated heterocycles. The molecule has 3 nitrogen and oxygen atoms in total. The molecule has 5 heteroatoms. The van der Waals surface area contributed by atoms with Gasteiger partial charge in [-0.05, 0) is 24.3 Å². The molecule has 2 aromatic rings. The molecule has 2 heterocycles. The van der Waals surface area contributed by atoms with Gasteiger partial charge in [-0.25, -0.2) is 4.98 Å². The summed E-state index contributed by atoms with van der Waals surface area (Å²) in [4.78, 5) is 6.85. The second-order valence-corrected chi connectivity index (χ2v) is 7.29.